The van der Waals surface area contributed by atoms with Crippen molar-refractivity contribution in [2.45, 2.75) is 0 Å². The van der Waals surface area contributed by atoms with Crippen molar-refractivity contribution in [2.24, 2.45) is 5.73 Å². The third kappa shape index (κ3) is 1.48. The van der Waals surface area contributed by atoms with E-state index in [0.717, 1.165) is 15.2 Å². The van der Waals surface area contributed by atoms with Crippen molar-refractivity contribution in [3.8, 4) is 0 Å². The van der Waals surface area contributed by atoms with E-state index >= 15 is 0 Å². The second-order valence-corrected chi connectivity index (χ2v) is 3.85. The Morgan fingerprint density at radius 3 is 2.86 bits per heavy atom. The van der Waals surface area contributed by atoms with E-state index in [1.807, 2.05) is 24.3 Å². The van der Waals surface area contributed by atoms with Gasteiger partial charge in [-0.05, 0) is 23.6 Å². The zero-order chi connectivity index (χ0) is 10.1. The molecule has 0 aliphatic heterocycles. The number of hydrogen-bond donors (Lipinski definition) is 2. The molecule has 0 aliphatic carbocycles. The van der Waals surface area contributed by atoms with Gasteiger partial charge in [0.05, 0.1) is 0 Å². The van der Waals surface area contributed by atoms with Crippen LogP contribution in [0, 0.1) is 5.41 Å². The fraction of sp³-hybridized carbons (Fsp3) is 0. The summed E-state index contributed by atoms with van der Waals surface area (Å²) in [5, 5.41) is 9.31. The molecule has 1 aromatic heterocycles. The van der Waals surface area contributed by atoms with E-state index in [1.54, 1.807) is 6.20 Å². The van der Waals surface area contributed by atoms with Gasteiger partial charge in [0, 0.05) is 16.1 Å². The van der Waals surface area contributed by atoms with Crippen molar-refractivity contribution in [3.05, 3.63) is 40.6 Å². The largest absolute Gasteiger partial charge is 0.382 e. The number of nitrogens with zero attached hydrogens (tertiary/aromatic N) is 1. The number of hydrogen-bond acceptors (Lipinski definition) is 2. The lowest BCUT2D eigenvalue weighted by atomic mass is 10.1. The monoisotopic (exact) mass is 249 g/mol. The second kappa shape index (κ2) is 3.38. The predicted octanol–water partition coefficient (Wildman–Crippen LogP) is 2.28. The molecule has 0 bridgehead atoms. The molecular weight excluding hydrogens is 242 g/mol. The molecule has 4 heteroatoms. The van der Waals surface area contributed by atoms with Crippen LogP contribution in [0.25, 0.3) is 10.8 Å². The van der Waals surface area contributed by atoms with E-state index in [2.05, 4.69) is 20.9 Å². The van der Waals surface area contributed by atoms with Crippen LogP contribution in [0.3, 0.4) is 0 Å². The first kappa shape index (κ1) is 9.15. The Labute approximate surface area is 89.6 Å². The molecule has 0 saturated heterocycles. The minimum absolute atomic E-state index is 0.00192. The quantitative estimate of drug-likeness (QED) is 0.602. The molecule has 0 fully saturated rings. The number of rotatable bonds is 1. The standard InChI is InChI=1S/C10H8BrN3/c11-7-1-2-8-6(5-7)3-4-14-9(8)10(12)13/h1-5H,(H3,12,13). The number of halogens is 1. The van der Waals surface area contributed by atoms with Gasteiger partial charge in [0.1, 0.15) is 11.5 Å². The highest BCUT2D eigenvalue weighted by Crippen LogP contribution is 2.21. The first-order valence-corrected chi connectivity index (χ1v) is 4.86. The maximum absolute atomic E-state index is 7.37. The number of aromatic nitrogens is 1. The minimum atomic E-state index is -0.00192. The maximum atomic E-state index is 7.37. The molecule has 0 atom stereocenters. The van der Waals surface area contributed by atoms with Crippen molar-refractivity contribution in [3.63, 3.8) is 0 Å². The SMILES string of the molecule is N=C(N)c1nccc2cc(Br)ccc12. The molecule has 1 heterocycles. The lowest BCUT2D eigenvalue weighted by Crippen LogP contribution is -2.13. The van der Waals surface area contributed by atoms with Gasteiger partial charge in [-0.2, -0.15) is 0 Å². The zero-order valence-corrected chi connectivity index (χ0v) is 8.88. The molecule has 2 aromatic rings. The van der Waals surface area contributed by atoms with Gasteiger partial charge >= 0.3 is 0 Å². The number of pyridine rings is 1. The Balaban J connectivity index is 2.81. The Morgan fingerprint density at radius 2 is 2.14 bits per heavy atom. The summed E-state index contributed by atoms with van der Waals surface area (Å²) < 4.78 is 1.01. The lowest BCUT2D eigenvalue weighted by molar-refractivity contribution is 1.28. The smallest absolute Gasteiger partial charge is 0.142 e. The third-order valence-electron chi connectivity index (χ3n) is 1.98. The van der Waals surface area contributed by atoms with Crippen molar-refractivity contribution in [2.75, 3.05) is 0 Å². The van der Waals surface area contributed by atoms with Gasteiger partial charge in [0.15, 0.2) is 0 Å². The summed E-state index contributed by atoms with van der Waals surface area (Å²) in [6.45, 7) is 0. The third-order valence-corrected chi connectivity index (χ3v) is 2.47. The summed E-state index contributed by atoms with van der Waals surface area (Å²) in [6.07, 6.45) is 1.66. The normalized spacial score (nSPS) is 10.4. The van der Waals surface area contributed by atoms with Crippen molar-refractivity contribution in [1.82, 2.24) is 4.98 Å². The first-order chi connectivity index (χ1) is 6.68. The van der Waals surface area contributed by atoms with Crippen molar-refractivity contribution in [1.29, 1.82) is 5.41 Å². The average molecular weight is 250 g/mol. The summed E-state index contributed by atoms with van der Waals surface area (Å²) in [5.41, 5.74) is 5.96. The highest BCUT2D eigenvalue weighted by Gasteiger charge is 2.04. The molecule has 2 rings (SSSR count). The first-order valence-electron chi connectivity index (χ1n) is 4.07. The predicted molar refractivity (Wildman–Crippen MR) is 60.5 cm³/mol. The van der Waals surface area contributed by atoms with Gasteiger partial charge in [-0.1, -0.05) is 22.0 Å². The summed E-state index contributed by atoms with van der Waals surface area (Å²) in [6, 6.07) is 7.69. The molecular formula is C10H8BrN3. The number of nitrogens with two attached hydrogens (primary N) is 1. The van der Waals surface area contributed by atoms with Crippen LogP contribution in [0.1, 0.15) is 5.69 Å². The van der Waals surface area contributed by atoms with E-state index in [1.165, 1.54) is 0 Å². The van der Waals surface area contributed by atoms with Gasteiger partial charge < -0.3 is 5.73 Å². The van der Waals surface area contributed by atoms with Gasteiger partial charge in [-0.15, -0.1) is 0 Å². The van der Waals surface area contributed by atoms with Crippen LogP contribution < -0.4 is 5.73 Å². The van der Waals surface area contributed by atoms with Crippen LogP contribution in [0.4, 0.5) is 0 Å². The number of nitrogen functional groups attached to an aromatic ring is 1. The number of benzene rings is 1. The van der Waals surface area contributed by atoms with Crippen molar-refractivity contribution >= 4 is 32.5 Å². The molecule has 0 spiro atoms. The van der Waals surface area contributed by atoms with Gasteiger partial charge in [-0.3, -0.25) is 10.4 Å². The number of fused-ring (bicyclic) bond motifs is 1. The molecule has 0 radical (unpaired) electrons. The van der Waals surface area contributed by atoms with Crippen molar-refractivity contribution < 1.29 is 0 Å². The van der Waals surface area contributed by atoms with Crippen LogP contribution in [-0.4, -0.2) is 10.8 Å². The van der Waals surface area contributed by atoms with Crippen LogP contribution >= 0.6 is 15.9 Å². The molecule has 70 valence electrons. The van der Waals surface area contributed by atoms with E-state index in [9.17, 15) is 0 Å². The summed E-state index contributed by atoms with van der Waals surface area (Å²) >= 11 is 3.39. The van der Waals surface area contributed by atoms with E-state index in [4.69, 9.17) is 11.1 Å². The highest BCUT2D eigenvalue weighted by atomic mass is 79.9. The molecule has 3 N–H and O–H groups in total. The summed E-state index contributed by atoms with van der Waals surface area (Å²) in [7, 11) is 0. The van der Waals surface area contributed by atoms with Gasteiger partial charge in [0.2, 0.25) is 0 Å². The molecule has 1 aromatic carbocycles. The van der Waals surface area contributed by atoms with E-state index in [0.29, 0.717) is 5.69 Å². The molecule has 0 saturated carbocycles. The van der Waals surface area contributed by atoms with Gasteiger partial charge in [-0.25, -0.2) is 0 Å². The van der Waals surface area contributed by atoms with Gasteiger partial charge in [0.25, 0.3) is 0 Å². The molecule has 14 heavy (non-hydrogen) atoms. The van der Waals surface area contributed by atoms with Crippen LogP contribution in [0.2, 0.25) is 0 Å². The molecule has 0 aliphatic rings. The topological polar surface area (TPSA) is 62.8 Å². The highest BCUT2D eigenvalue weighted by molar-refractivity contribution is 9.10. The Bertz CT molecular complexity index is 508. The zero-order valence-electron chi connectivity index (χ0n) is 7.29. The molecule has 0 amide bonds. The minimum Gasteiger partial charge on any atom is -0.382 e. The fourth-order valence-corrected chi connectivity index (χ4v) is 1.74. The lowest BCUT2D eigenvalue weighted by Gasteiger charge is -2.03. The summed E-state index contributed by atoms with van der Waals surface area (Å²) in [4.78, 5) is 4.07. The number of amidine groups is 1. The average Bonchev–Trinajstić information content (AvgIpc) is 2.16. The van der Waals surface area contributed by atoms with Crippen LogP contribution in [-0.2, 0) is 0 Å². The summed E-state index contributed by atoms with van der Waals surface area (Å²) in [5.74, 6) is -0.00192. The van der Waals surface area contributed by atoms with E-state index < -0.39 is 0 Å². The number of nitrogens with one attached hydrogen (secondary N) is 1. The van der Waals surface area contributed by atoms with Crippen LogP contribution in [0.15, 0.2) is 34.9 Å². The fourth-order valence-electron chi connectivity index (χ4n) is 1.36. The molecule has 0 unspecified atom stereocenters. The Kier molecular flexibility index (Phi) is 2.21. The van der Waals surface area contributed by atoms with E-state index in [-0.39, 0.29) is 5.84 Å². The second-order valence-electron chi connectivity index (χ2n) is 2.94. The Hall–Kier alpha value is -1.42. The Morgan fingerprint density at radius 1 is 1.36 bits per heavy atom. The maximum Gasteiger partial charge on any atom is 0.142 e. The molecule has 3 nitrogen and oxygen atoms in total. The van der Waals surface area contributed by atoms with Crippen LogP contribution in [0.5, 0.6) is 0 Å².